The van der Waals surface area contributed by atoms with Crippen LogP contribution in [0.5, 0.6) is 5.75 Å². The van der Waals surface area contributed by atoms with E-state index in [1.807, 2.05) is 0 Å². The van der Waals surface area contributed by atoms with Crippen LogP contribution in [0.1, 0.15) is 22.3 Å². The lowest BCUT2D eigenvalue weighted by atomic mass is 10.1. The molecule has 0 saturated carbocycles. The number of pyridine rings is 1. The third-order valence-corrected chi connectivity index (χ3v) is 1.85. The number of rotatable bonds is 3. The molecule has 0 aliphatic heterocycles. The number of esters is 1. The molecule has 4 nitrogen and oxygen atoms in total. The van der Waals surface area contributed by atoms with E-state index in [0.717, 1.165) is 20.4 Å². The van der Waals surface area contributed by atoms with Crippen molar-refractivity contribution in [2.75, 3.05) is 14.2 Å². The van der Waals surface area contributed by atoms with Crippen LogP contribution >= 0.6 is 0 Å². The van der Waals surface area contributed by atoms with Crippen LogP contribution in [-0.2, 0) is 4.74 Å². The van der Waals surface area contributed by atoms with Gasteiger partial charge < -0.3 is 9.47 Å². The maximum absolute atomic E-state index is 13.0. The van der Waals surface area contributed by atoms with Crippen LogP contribution < -0.4 is 4.74 Å². The number of hydrogen-bond acceptors (Lipinski definition) is 4. The zero-order valence-corrected chi connectivity index (χ0v) is 8.46. The van der Waals surface area contributed by atoms with E-state index in [9.17, 15) is 18.0 Å². The van der Waals surface area contributed by atoms with Crippen LogP contribution in [0, 0.1) is 5.95 Å². The summed E-state index contributed by atoms with van der Waals surface area (Å²) in [5.74, 6) is -2.86. The number of hydrogen-bond donors (Lipinski definition) is 0. The maximum atomic E-state index is 13.0. The third kappa shape index (κ3) is 2.07. The zero-order valence-electron chi connectivity index (χ0n) is 8.46. The molecule has 0 aliphatic carbocycles. The molecule has 0 atom stereocenters. The van der Waals surface area contributed by atoms with Crippen molar-refractivity contribution < 1.29 is 27.4 Å². The first kappa shape index (κ1) is 12.3. The van der Waals surface area contributed by atoms with E-state index in [0.29, 0.717) is 0 Å². The summed E-state index contributed by atoms with van der Waals surface area (Å²) in [6.45, 7) is 0. The fourth-order valence-electron chi connectivity index (χ4n) is 1.15. The first-order valence-electron chi connectivity index (χ1n) is 4.11. The molecule has 1 heterocycles. The molecule has 16 heavy (non-hydrogen) atoms. The fourth-order valence-corrected chi connectivity index (χ4v) is 1.15. The highest BCUT2D eigenvalue weighted by Gasteiger charge is 2.26. The average molecular weight is 235 g/mol. The monoisotopic (exact) mass is 235 g/mol. The topological polar surface area (TPSA) is 48.4 Å². The number of alkyl halides is 2. The molecule has 1 aromatic rings. The summed E-state index contributed by atoms with van der Waals surface area (Å²) >= 11 is 0. The summed E-state index contributed by atoms with van der Waals surface area (Å²) in [7, 11) is 2.11. The Balaban J connectivity index is 3.42. The summed E-state index contributed by atoms with van der Waals surface area (Å²) < 4.78 is 46.9. The molecule has 0 fully saturated rings. The standard InChI is InChI=1S/C9H8F3NO3/c1-15-6-4(9(14)16-2)3-13-8(12)5(6)7(10)11/h3,7H,1-2H3. The van der Waals surface area contributed by atoms with Gasteiger partial charge in [-0.2, -0.15) is 4.39 Å². The SMILES string of the molecule is COC(=O)c1cnc(F)c(C(F)F)c1OC. The Kier molecular flexibility index (Phi) is 3.70. The molecule has 0 unspecified atom stereocenters. The van der Waals surface area contributed by atoms with E-state index in [1.165, 1.54) is 0 Å². The molecule has 0 aliphatic rings. The quantitative estimate of drug-likeness (QED) is 0.593. The number of nitrogens with zero attached hydrogens (tertiary/aromatic N) is 1. The highest BCUT2D eigenvalue weighted by Crippen LogP contribution is 2.33. The molecule has 0 aromatic carbocycles. The maximum Gasteiger partial charge on any atom is 0.343 e. The van der Waals surface area contributed by atoms with Gasteiger partial charge in [-0.15, -0.1) is 0 Å². The van der Waals surface area contributed by atoms with E-state index in [4.69, 9.17) is 0 Å². The van der Waals surface area contributed by atoms with E-state index >= 15 is 0 Å². The molecule has 0 N–H and O–H groups in total. The molecule has 0 saturated heterocycles. The molecule has 88 valence electrons. The van der Waals surface area contributed by atoms with Crippen LogP contribution in [0.4, 0.5) is 13.2 Å². The van der Waals surface area contributed by atoms with Gasteiger partial charge in [0.05, 0.1) is 14.2 Å². The van der Waals surface area contributed by atoms with Gasteiger partial charge in [0.25, 0.3) is 6.43 Å². The molecule has 0 radical (unpaired) electrons. The summed E-state index contributed by atoms with van der Waals surface area (Å²) in [5.41, 5.74) is -1.40. The zero-order chi connectivity index (χ0) is 12.3. The second-order valence-electron chi connectivity index (χ2n) is 2.70. The number of carbonyl (C=O) groups excluding carboxylic acids is 1. The van der Waals surface area contributed by atoms with Crippen molar-refractivity contribution in [1.82, 2.24) is 4.98 Å². The molecule has 0 amide bonds. The Labute approximate surface area is 89.0 Å². The number of aromatic nitrogens is 1. The molecular weight excluding hydrogens is 227 g/mol. The Morgan fingerprint density at radius 1 is 1.44 bits per heavy atom. The molecule has 0 spiro atoms. The van der Waals surface area contributed by atoms with E-state index in [-0.39, 0.29) is 5.56 Å². The van der Waals surface area contributed by atoms with Crippen molar-refractivity contribution in [1.29, 1.82) is 0 Å². The second kappa shape index (κ2) is 4.82. The molecule has 7 heteroatoms. The Hall–Kier alpha value is -1.79. The van der Waals surface area contributed by atoms with Crippen LogP contribution in [0.2, 0.25) is 0 Å². The van der Waals surface area contributed by atoms with E-state index in [1.54, 1.807) is 0 Å². The largest absolute Gasteiger partial charge is 0.495 e. The predicted octanol–water partition coefficient (Wildman–Crippen LogP) is 1.95. The number of ether oxygens (including phenoxy) is 2. The summed E-state index contributed by atoms with van der Waals surface area (Å²) in [6, 6.07) is 0. The van der Waals surface area contributed by atoms with Gasteiger partial charge in [-0.1, -0.05) is 0 Å². The fraction of sp³-hybridized carbons (Fsp3) is 0.333. The highest BCUT2D eigenvalue weighted by molar-refractivity contribution is 5.92. The van der Waals surface area contributed by atoms with Gasteiger partial charge in [0.2, 0.25) is 5.95 Å². The van der Waals surface area contributed by atoms with Gasteiger partial charge in [0.15, 0.2) is 0 Å². The van der Waals surface area contributed by atoms with Crippen molar-refractivity contribution in [3.8, 4) is 5.75 Å². The minimum absolute atomic E-state index is 0.346. The van der Waals surface area contributed by atoms with Gasteiger partial charge in [-0.05, 0) is 0 Å². The summed E-state index contributed by atoms with van der Waals surface area (Å²) in [4.78, 5) is 14.2. The van der Waals surface area contributed by atoms with Crippen LogP contribution in [0.3, 0.4) is 0 Å². The van der Waals surface area contributed by atoms with Crippen LogP contribution in [-0.4, -0.2) is 25.2 Å². The minimum atomic E-state index is -3.13. The van der Waals surface area contributed by atoms with Crippen molar-refractivity contribution in [2.24, 2.45) is 0 Å². The number of carbonyl (C=O) groups is 1. The van der Waals surface area contributed by atoms with Gasteiger partial charge in [0.1, 0.15) is 16.9 Å². The first-order valence-corrected chi connectivity index (χ1v) is 4.11. The van der Waals surface area contributed by atoms with Gasteiger partial charge in [-0.3, -0.25) is 0 Å². The molecular formula is C9H8F3NO3. The normalized spacial score (nSPS) is 10.4. The highest BCUT2D eigenvalue weighted by atomic mass is 19.3. The second-order valence-corrected chi connectivity index (χ2v) is 2.70. The van der Waals surface area contributed by atoms with Crippen LogP contribution in [0.25, 0.3) is 0 Å². The van der Waals surface area contributed by atoms with Gasteiger partial charge in [0, 0.05) is 6.20 Å². The number of methoxy groups -OCH3 is 2. The Morgan fingerprint density at radius 2 is 2.06 bits per heavy atom. The number of halogens is 3. The average Bonchev–Trinajstić information content (AvgIpc) is 2.26. The first-order chi connectivity index (χ1) is 7.52. The van der Waals surface area contributed by atoms with Crippen molar-refractivity contribution in [3.05, 3.63) is 23.3 Å². The Morgan fingerprint density at radius 3 is 2.50 bits per heavy atom. The lowest BCUT2D eigenvalue weighted by molar-refractivity contribution is 0.0595. The molecule has 1 rings (SSSR count). The van der Waals surface area contributed by atoms with E-state index < -0.39 is 29.7 Å². The van der Waals surface area contributed by atoms with Gasteiger partial charge >= 0.3 is 5.97 Å². The minimum Gasteiger partial charge on any atom is -0.495 e. The van der Waals surface area contributed by atoms with Crippen LogP contribution in [0.15, 0.2) is 6.20 Å². The van der Waals surface area contributed by atoms with Gasteiger partial charge in [-0.25, -0.2) is 18.6 Å². The molecule has 0 bridgehead atoms. The smallest absolute Gasteiger partial charge is 0.343 e. The third-order valence-electron chi connectivity index (χ3n) is 1.85. The summed E-state index contributed by atoms with van der Waals surface area (Å²) in [6.07, 6.45) is -2.35. The van der Waals surface area contributed by atoms with Crippen molar-refractivity contribution in [3.63, 3.8) is 0 Å². The predicted molar refractivity (Wildman–Crippen MR) is 47.0 cm³/mol. The lowest BCUT2D eigenvalue weighted by Gasteiger charge is -2.11. The lowest BCUT2D eigenvalue weighted by Crippen LogP contribution is -2.09. The van der Waals surface area contributed by atoms with Crippen molar-refractivity contribution in [2.45, 2.75) is 6.43 Å². The Bertz CT molecular complexity index is 409. The summed E-state index contributed by atoms with van der Waals surface area (Å²) in [5, 5.41) is 0. The molecule has 1 aromatic heterocycles. The van der Waals surface area contributed by atoms with E-state index in [2.05, 4.69) is 14.5 Å². The van der Waals surface area contributed by atoms with Crippen molar-refractivity contribution >= 4 is 5.97 Å².